The van der Waals surface area contributed by atoms with E-state index in [1.165, 1.54) is 25.9 Å². The highest BCUT2D eigenvalue weighted by atomic mass is 16.5. The number of rotatable bonds is 3. The summed E-state index contributed by atoms with van der Waals surface area (Å²) in [7, 11) is 0. The number of aromatic nitrogens is 2. The van der Waals surface area contributed by atoms with Gasteiger partial charge in [-0.2, -0.15) is 4.98 Å². The Labute approximate surface area is 152 Å². The Hall–Kier alpha value is -2.60. The smallest absolute Gasteiger partial charge is 0.300 e. The molecule has 0 N–H and O–H groups in total. The van der Waals surface area contributed by atoms with Crippen molar-refractivity contribution in [2.24, 2.45) is 0 Å². The zero-order chi connectivity index (χ0) is 17.5. The Morgan fingerprint density at radius 3 is 2.65 bits per heavy atom. The summed E-state index contributed by atoms with van der Waals surface area (Å²) in [6.45, 7) is 6.32. The minimum absolute atomic E-state index is 0.517. The molecule has 0 atom stereocenters. The molecule has 6 heteroatoms. The number of fused-ring (bicyclic) bond motifs is 5. The normalized spacial score (nSPS) is 22.6. The molecule has 2 bridgehead atoms. The lowest BCUT2D eigenvalue weighted by molar-refractivity contribution is 0.249. The monoisotopic (exact) mass is 350 g/mol. The minimum atomic E-state index is 0.517. The van der Waals surface area contributed by atoms with Crippen LogP contribution in [0.4, 0.5) is 6.01 Å². The molecule has 6 nitrogen and oxygen atoms in total. The van der Waals surface area contributed by atoms with Crippen molar-refractivity contribution < 1.29 is 9.15 Å². The highest BCUT2D eigenvalue weighted by Crippen LogP contribution is 2.32. The van der Waals surface area contributed by atoms with Crippen molar-refractivity contribution in [2.45, 2.75) is 25.8 Å². The molecular formula is C20H22N4O2. The number of hydrogen-bond acceptors (Lipinski definition) is 6. The molecule has 3 saturated heterocycles. The second-order valence-electron chi connectivity index (χ2n) is 7.07. The van der Waals surface area contributed by atoms with Crippen LogP contribution in [-0.4, -0.2) is 47.1 Å². The highest BCUT2D eigenvalue weighted by Gasteiger charge is 2.31. The molecule has 5 heterocycles. The molecule has 0 amide bonds. The van der Waals surface area contributed by atoms with Gasteiger partial charge in [0.15, 0.2) is 11.3 Å². The summed E-state index contributed by atoms with van der Waals surface area (Å²) in [5.74, 6) is 1.49. The largest absolute Gasteiger partial charge is 0.455 e. The lowest BCUT2D eigenvalue weighted by Crippen LogP contribution is -2.38. The number of aryl methyl sites for hydroxylation is 1. The van der Waals surface area contributed by atoms with E-state index in [2.05, 4.69) is 19.8 Å². The molecule has 0 aliphatic carbocycles. The van der Waals surface area contributed by atoms with E-state index in [4.69, 9.17) is 9.15 Å². The van der Waals surface area contributed by atoms with Gasteiger partial charge in [-0.1, -0.05) is 18.2 Å². The summed E-state index contributed by atoms with van der Waals surface area (Å²) in [5, 5.41) is 0. The van der Waals surface area contributed by atoms with Crippen LogP contribution in [0, 0.1) is 6.92 Å². The van der Waals surface area contributed by atoms with Gasteiger partial charge < -0.3 is 19.0 Å². The number of benzene rings is 1. The molecule has 3 fully saturated rings. The predicted molar refractivity (Wildman–Crippen MR) is 99.9 cm³/mol. The van der Waals surface area contributed by atoms with Crippen molar-refractivity contribution in [3.63, 3.8) is 0 Å². The SMILES string of the molecule is Cc1nc2nc(N3CCN4CCC3CC4)oc2cc1Oc1ccccc1. The van der Waals surface area contributed by atoms with Gasteiger partial charge in [0.05, 0.1) is 5.69 Å². The van der Waals surface area contributed by atoms with E-state index in [9.17, 15) is 0 Å². The van der Waals surface area contributed by atoms with Crippen LogP contribution in [0.5, 0.6) is 11.5 Å². The van der Waals surface area contributed by atoms with Crippen LogP contribution in [-0.2, 0) is 0 Å². The van der Waals surface area contributed by atoms with Crippen LogP contribution in [0.3, 0.4) is 0 Å². The molecule has 0 saturated carbocycles. The van der Waals surface area contributed by atoms with Crippen molar-refractivity contribution >= 4 is 17.2 Å². The van der Waals surface area contributed by atoms with E-state index in [-0.39, 0.29) is 0 Å². The Morgan fingerprint density at radius 2 is 1.85 bits per heavy atom. The third-order valence-electron chi connectivity index (χ3n) is 5.39. The van der Waals surface area contributed by atoms with Crippen LogP contribution < -0.4 is 9.64 Å². The third kappa shape index (κ3) is 2.80. The number of anilines is 1. The van der Waals surface area contributed by atoms with Gasteiger partial charge in [0.2, 0.25) is 5.65 Å². The molecule has 3 aliphatic heterocycles. The van der Waals surface area contributed by atoms with Crippen LogP contribution in [0.25, 0.3) is 11.2 Å². The first-order chi connectivity index (χ1) is 12.8. The molecular weight excluding hydrogens is 328 g/mol. The van der Waals surface area contributed by atoms with Gasteiger partial charge >= 0.3 is 0 Å². The fraction of sp³-hybridized carbons (Fsp3) is 0.400. The van der Waals surface area contributed by atoms with Crippen LogP contribution in [0.15, 0.2) is 40.8 Å². The van der Waals surface area contributed by atoms with Crippen LogP contribution in [0.2, 0.25) is 0 Å². The topological polar surface area (TPSA) is 54.6 Å². The molecule has 1 aromatic carbocycles. The molecule has 134 valence electrons. The third-order valence-corrected chi connectivity index (χ3v) is 5.39. The van der Waals surface area contributed by atoms with Gasteiger partial charge in [0.25, 0.3) is 6.01 Å². The quantitative estimate of drug-likeness (QED) is 0.719. The Balaban J connectivity index is 1.47. The average molecular weight is 350 g/mol. The van der Waals surface area contributed by atoms with E-state index in [1.54, 1.807) is 0 Å². The highest BCUT2D eigenvalue weighted by molar-refractivity contribution is 5.72. The maximum absolute atomic E-state index is 6.10. The van der Waals surface area contributed by atoms with Gasteiger partial charge in [-0.25, -0.2) is 4.98 Å². The van der Waals surface area contributed by atoms with E-state index in [0.29, 0.717) is 29.0 Å². The fourth-order valence-corrected chi connectivity index (χ4v) is 3.90. The molecule has 0 unspecified atom stereocenters. The first kappa shape index (κ1) is 15.6. The van der Waals surface area contributed by atoms with E-state index in [0.717, 1.165) is 24.5 Å². The first-order valence-corrected chi connectivity index (χ1v) is 9.26. The van der Waals surface area contributed by atoms with Gasteiger partial charge in [0.1, 0.15) is 5.75 Å². The summed E-state index contributed by atoms with van der Waals surface area (Å²) in [4.78, 5) is 14.1. The molecule has 0 spiro atoms. The van der Waals surface area contributed by atoms with E-state index < -0.39 is 0 Å². The molecule has 3 aliphatic rings. The predicted octanol–water partition coefficient (Wildman–Crippen LogP) is 3.61. The van der Waals surface area contributed by atoms with Crippen LogP contribution >= 0.6 is 0 Å². The minimum Gasteiger partial charge on any atom is -0.455 e. The molecule has 3 aromatic rings. The standard InChI is InChI=1S/C20H22N4O2/c1-14-17(25-16-5-3-2-4-6-16)13-18-19(21-14)22-20(26-18)24-12-11-23-9-7-15(24)8-10-23/h2-6,13,15H,7-12H2,1H3. The van der Waals surface area contributed by atoms with Crippen molar-refractivity contribution in [1.82, 2.24) is 14.9 Å². The van der Waals surface area contributed by atoms with Crippen molar-refractivity contribution in [3.8, 4) is 11.5 Å². The summed E-state index contributed by atoms with van der Waals surface area (Å²) < 4.78 is 12.1. The Morgan fingerprint density at radius 1 is 1.04 bits per heavy atom. The molecule has 26 heavy (non-hydrogen) atoms. The number of hydrogen-bond donors (Lipinski definition) is 0. The Kier molecular flexibility index (Phi) is 3.78. The van der Waals surface area contributed by atoms with Gasteiger partial charge in [-0.05, 0) is 31.9 Å². The zero-order valence-corrected chi connectivity index (χ0v) is 14.9. The van der Waals surface area contributed by atoms with Gasteiger partial charge in [0, 0.05) is 38.3 Å². The number of nitrogens with zero attached hydrogens (tertiary/aromatic N) is 4. The number of para-hydroxylation sites is 1. The van der Waals surface area contributed by atoms with Gasteiger partial charge in [-0.3, -0.25) is 0 Å². The van der Waals surface area contributed by atoms with Crippen molar-refractivity contribution in [2.75, 3.05) is 31.1 Å². The van der Waals surface area contributed by atoms with Gasteiger partial charge in [-0.15, -0.1) is 0 Å². The molecule has 6 rings (SSSR count). The first-order valence-electron chi connectivity index (χ1n) is 9.26. The second-order valence-corrected chi connectivity index (χ2v) is 7.07. The second kappa shape index (κ2) is 6.29. The maximum Gasteiger partial charge on any atom is 0.300 e. The van der Waals surface area contributed by atoms with Crippen molar-refractivity contribution in [3.05, 3.63) is 42.1 Å². The van der Waals surface area contributed by atoms with Crippen molar-refractivity contribution in [1.29, 1.82) is 0 Å². The summed E-state index contributed by atoms with van der Waals surface area (Å²) in [6.07, 6.45) is 2.35. The zero-order valence-electron chi connectivity index (χ0n) is 14.9. The van der Waals surface area contributed by atoms with E-state index >= 15 is 0 Å². The number of ether oxygens (including phenoxy) is 1. The van der Waals surface area contributed by atoms with E-state index in [1.807, 2.05) is 43.3 Å². The number of piperidine rings is 1. The lowest BCUT2D eigenvalue weighted by Gasteiger charge is -2.30. The number of pyridine rings is 1. The fourth-order valence-electron chi connectivity index (χ4n) is 3.90. The Bertz CT molecular complexity index is 916. The molecule has 2 aromatic heterocycles. The average Bonchev–Trinajstić information content (AvgIpc) is 2.84. The summed E-state index contributed by atoms with van der Waals surface area (Å²) in [5.41, 5.74) is 2.14. The maximum atomic E-state index is 6.10. The summed E-state index contributed by atoms with van der Waals surface area (Å²) >= 11 is 0. The number of oxazole rings is 1. The molecule has 0 radical (unpaired) electrons. The van der Waals surface area contributed by atoms with Crippen LogP contribution in [0.1, 0.15) is 18.5 Å². The lowest BCUT2D eigenvalue weighted by atomic mass is 10.1. The summed E-state index contributed by atoms with van der Waals surface area (Å²) in [6, 6.07) is 12.8.